The molecule has 0 aromatic heterocycles. The van der Waals surface area contributed by atoms with Gasteiger partial charge in [0.15, 0.2) is 16.6 Å². The van der Waals surface area contributed by atoms with Gasteiger partial charge in [0.1, 0.15) is 11.6 Å². The van der Waals surface area contributed by atoms with Crippen LogP contribution in [0, 0.1) is 11.6 Å². The Morgan fingerprint density at radius 3 is 2.43 bits per heavy atom. The Labute approximate surface area is 138 Å². The van der Waals surface area contributed by atoms with Gasteiger partial charge >= 0.3 is 0 Å². The highest BCUT2D eigenvalue weighted by molar-refractivity contribution is 7.80. The van der Waals surface area contributed by atoms with E-state index in [0.29, 0.717) is 18.0 Å². The number of halogens is 2. The Hall–Kier alpha value is -2.41. The van der Waals surface area contributed by atoms with Crippen LogP contribution in [0.1, 0.15) is 5.56 Å². The molecule has 23 heavy (non-hydrogen) atoms. The highest BCUT2D eigenvalue weighted by atomic mass is 32.1. The molecule has 0 unspecified atom stereocenters. The second-order valence-corrected chi connectivity index (χ2v) is 5.03. The molecule has 0 aliphatic carbocycles. The zero-order valence-corrected chi connectivity index (χ0v) is 13.5. The summed E-state index contributed by atoms with van der Waals surface area (Å²) >= 11 is 5.10. The minimum atomic E-state index is -0.708. The Balaban J connectivity index is 1.96. The van der Waals surface area contributed by atoms with Crippen LogP contribution >= 0.6 is 12.2 Å². The zero-order chi connectivity index (χ0) is 16.8. The van der Waals surface area contributed by atoms with Crippen molar-refractivity contribution in [1.82, 2.24) is 5.32 Å². The third-order valence-electron chi connectivity index (χ3n) is 3.08. The van der Waals surface area contributed by atoms with E-state index < -0.39 is 11.6 Å². The lowest BCUT2D eigenvalue weighted by Crippen LogP contribution is -2.28. The molecule has 122 valence electrons. The normalized spacial score (nSPS) is 10.1. The second-order valence-electron chi connectivity index (χ2n) is 4.62. The standard InChI is InChI=1S/C16H16F2N2O2S/c1-21-14-6-3-10(7-15(14)22-2)9-19-16(23)20-13-5-4-11(17)8-12(13)18/h3-8H,9H2,1-2H3,(H2,19,20,23). The molecule has 0 saturated heterocycles. The molecule has 2 aromatic carbocycles. The summed E-state index contributed by atoms with van der Waals surface area (Å²) in [7, 11) is 3.12. The van der Waals surface area contributed by atoms with E-state index in [2.05, 4.69) is 10.6 Å². The summed E-state index contributed by atoms with van der Waals surface area (Å²) in [5.74, 6) is -0.113. The molecule has 0 aliphatic heterocycles. The van der Waals surface area contributed by atoms with E-state index in [1.54, 1.807) is 20.3 Å². The van der Waals surface area contributed by atoms with Gasteiger partial charge in [-0.1, -0.05) is 6.07 Å². The minimum Gasteiger partial charge on any atom is -0.493 e. The van der Waals surface area contributed by atoms with Crippen molar-refractivity contribution in [3.63, 3.8) is 0 Å². The lowest BCUT2D eigenvalue weighted by Gasteiger charge is -2.13. The van der Waals surface area contributed by atoms with Crippen LogP contribution < -0.4 is 20.1 Å². The molecule has 4 nitrogen and oxygen atoms in total. The molecule has 0 spiro atoms. The van der Waals surface area contributed by atoms with Gasteiger partial charge in [0.25, 0.3) is 0 Å². The summed E-state index contributed by atoms with van der Waals surface area (Å²) in [6.07, 6.45) is 0. The smallest absolute Gasteiger partial charge is 0.171 e. The number of nitrogens with one attached hydrogen (secondary N) is 2. The predicted octanol–water partition coefficient (Wildman–Crippen LogP) is 3.47. The molecule has 0 aliphatic rings. The molecule has 0 radical (unpaired) electrons. The van der Waals surface area contributed by atoms with E-state index in [4.69, 9.17) is 21.7 Å². The van der Waals surface area contributed by atoms with Crippen LogP contribution in [0.5, 0.6) is 11.5 Å². The van der Waals surface area contributed by atoms with Gasteiger partial charge in [0.2, 0.25) is 0 Å². The number of anilines is 1. The van der Waals surface area contributed by atoms with Crippen LogP contribution in [0.25, 0.3) is 0 Å². The van der Waals surface area contributed by atoms with Crippen molar-refractivity contribution in [2.45, 2.75) is 6.54 Å². The molecule has 7 heteroatoms. The second kappa shape index (κ2) is 7.73. The van der Waals surface area contributed by atoms with E-state index in [1.165, 1.54) is 6.07 Å². The maximum absolute atomic E-state index is 13.5. The highest BCUT2D eigenvalue weighted by Gasteiger charge is 2.07. The largest absolute Gasteiger partial charge is 0.493 e. The Morgan fingerprint density at radius 1 is 1.04 bits per heavy atom. The zero-order valence-electron chi connectivity index (χ0n) is 12.7. The van der Waals surface area contributed by atoms with Gasteiger partial charge in [-0.05, 0) is 42.0 Å². The molecule has 0 bridgehead atoms. The van der Waals surface area contributed by atoms with Crippen molar-refractivity contribution in [3.05, 3.63) is 53.6 Å². The molecule has 0 heterocycles. The van der Waals surface area contributed by atoms with Gasteiger partial charge in [0, 0.05) is 12.6 Å². The molecule has 2 N–H and O–H groups in total. The lowest BCUT2D eigenvalue weighted by molar-refractivity contribution is 0.354. The van der Waals surface area contributed by atoms with Crippen LogP contribution in [0.2, 0.25) is 0 Å². The number of hydrogen-bond donors (Lipinski definition) is 2. The summed E-state index contributed by atoms with van der Waals surface area (Å²) in [5.41, 5.74) is 1.02. The van der Waals surface area contributed by atoms with Crippen LogP contribution in [0.4, 0.5) is 14.5 Å². The third-order valence-corrected chi connectivity index (χ3v) is 3.33. The van der Waals surface area contributed by atoms with Gasteiger partial charge in [-0.3, -0.25) is 0 Å². The number of thiocarbonyl (C=S) groups is 1. The van der Waals surface area contributed by atoms with Crippen LogP contribution in [0.3, 0.4) is 0 Å². The number of hydrogen-bond acceptors (Lipinski definition) is 3. The van der Waals surface area contributed by atoms with E-state index >= 15 is 0 Å². The van der Waals surface area contributed by atoms with Crippen molar-refractivity contribution in [2.75, 3.05) is 19.5 Å². The molecule has 0 amide bonds. The van der Waals surface area contributed by atoms with Crippen molar-refractivity contribution in [2.24, 2.45) is 0 Å². The van der Waals surface area contributed by atoms with Crippen LogP contribution in [0.15, 0.2) is 36.4 Å². The van der Waals surface area contributed by atoms with Gasteiger partial charge in [0.05, 0.1) is 19.9 Å². The van der Waals surface area contributed by atoms with Gasteiger partial charge < -0.3 is 20.1 Å². The Bertz CT molecular complexity index is 710. The topological polar surface area (TPSA) is 42.5 Å². The first-order valence-corrected chi connectivity index (χ1v) is 7.15. The molecule has 0 atom stereocenters. The number of benzene rings is 2. The quantitative estimate of drug-likeness (QED) is 0.817. The van der Waals surface area contributed by atoms with E-state index in [0.717, 1.165) is 17.7 Å². The van der Waals surface area contributed by atoms with Crippen molar-refractivity contribution < 1.29 is 18.3 Å². The molecular formula is C16H16F2N2O2S. The van der Waals surface area contributed by atoms with E-state index in [1.807, 2.05) is 12.1 Å². The summed E-state index contributed by atoms with van der Waals surface area (Å²) in [6.45, 7) is 0.412. The average Bonchev–Trinajstić information content (AvgIpc) is 2.55. The summed E-state index contributed by atoms with van der Waals surface area (Å²) in [4.78, 5) is 0. The molecule has 0 saturated carbocycles. The maximum atomic E-state index is 13.5. The fraction of sp³-hybridized carbons (Fsp3) is 0.188. The maximum Gasteiger partial charge on any atom is 0.171 e. The molecule has 2 rings (SSSR count). The average molecular weight is 338 g/mol. The SMILES string of the molecule is COc1ccc(CNC(=S)Nc2ccc(F)cc2F)cc1OC. The van der Waals surface area contributed by atoms with Crippen LogP contribution in [-0.2, 0) is 6.54 Å². The highest BCUT2D eigenvalue weighted by Crippen LogP contribution is 2.27. The van der Waals surface area contributed by atoms with Gasteiger partial charge in [-0.2, -0.15) is 0 Å². The fourth-order valence-corrected chi connectivity index (χ4v) is 2.11. The Morgan fingerprint density at radius 2 is 1.78 bits per heavy atom. The van der Waals surface area contributed by atoms with E-state index in [9.17, 15) is 8.78 Å². The third kappa shape index (κ3) is 4.53. The first kappa shape index (κ1) is 17.0. The van der Waals surface area contributed by atoms with Gasteiger partial charge in [-0.25, -0.2) is 8.78 Å². The molecule has 0 fully saturated rings. The first-order valence-electron chi connectivity index (χ1n) is 6.74. The first-order chi connectivity index (χ1) is 11.0. The summed E-state index contributed by atoms with van der Waals surface area (Å²) in [6, 6.07) is 8.69. The number of rotatable bonds is 5. The molecular weight excluding hydrogens is 322 g/mol. The fourth-order valence-electron chi connectivity index (χ4n) is 1.93. The van der Waals surface area contributed by atoms with Crippen molar-refractivity contribution in [1.29, 1.82) is 0 Å². The predicted molar refractivity (Wildman–Crippen MR) is 89.0 cm³/mol. The minimum absolute atomic E-state index is 0.108. The van der Waals surface area contributed by atoms with Crippen molar-refractivity contribution in [3.8, 4) is 11.5 Å². The number of ether oxygens (including phenoxy) is 2. The van der Waals surface area contributed by atoms with Crippen molar-refractivity contribution >= 4 is 23.0 Å². The summed E-state index contributed by atoms with van der Waals surface area (Å²) < 4.78 is 36.8. The van der Waals surface area contributed by atoms with E-state index in [-0.39, 0.29) is 10.8 Å². The number of methoxy groups -OCH3 is 2. The summed E-state index contributed by atoms with van der Waals surface area (Å²) in [5, 5.41) is 5.85. The monoisotopic (exact) mass is 338 g/mol. The molecule has 2 aromatic rings. The lowest BCUT2D eigenvalue weighted by atomic mass is 10.2. The Kier molecular flexibility index (Phi) is 5.70. The van der Waals surface area contributed by atoms with Gasteiger partial charge in [-0.15, -0.1) is 0 Å². The van der Waals surface area contributed by atoms with Crippen LogP contribution in [-0.4, -0.2) is 19.3 Å².